The predicted octanol–water partition coefficient (Wildman–Crippen LogP) is 3.61. The zero-order valence-electron chi connectivity index (χ0n) is 16.9. The molecule has 1 heterocycles. The maximum absolute atomic E-state index is 12.9. The highest BCUT2D eigenvalue weighted by Gasteiger charge is 2.33. The summed E-state index contributed by atoms with van der Waals surface area (Å²) in [6.07, 6.45) is -0.422. The highest BCUT2D eigenvalue weighted by atomic mass is 16.5. The molecule has 0 spiro atoms. The minimum Gasteiger partial charge on any atom is -0.497 e. The molecule has 154 valence electrons. The van der Waals surface area contributed by atoms with Gasteiger partial charge < -0.3 is 9.47 Å². The van der Waals surface area contributed by atoms with Gasteiger partial charge in [0.2, 0.25) is 5.91 Å². The van der Waals surface area contributed by atoms with Gasteiger partial charge in [-0.25, -0.2) is 5.01 Å². The van der Waals surface area contributed by atoms with E-state index in [1.807, 2.05) is 60.7 Å². The van der Waals surface area contributed by atoms with Gasteiger partial charge in [-0.3, -0.25) is 9.59 Å². The van der Waals surface area contributed by atoms with Gasteiger partial charge >= 0.3 is 5.97 Å². The first-order chi connectivity index (χ1) is 14.5. The number of hydrogen-bond donors (Lipinski definition) is 0. The van der Waals surface area contributed by atoms with Gasteiger partial charge in [-0.15, -0.1) is 0 Å². The molecule has 7 nitrogen and oxygen atoms in total. The summed E-state index contributed by atoms with van der Waals surface area (Å²) < 4.78 is 10.1. The number of esters is 1. The largest absolute Gasteiger partial charge is 0.497 e. The normalized spacial score (nSPS) is 16.4. The van der Waals surface area contributed by atoms with Gasteiger partial charge in [0.25, 0.3) is 0 Å². The third-order valence-corrected chi connectivity index (χ3v) is 4.81. The first-order valence-corrected chi connectivity index (χ1v) is 9.70. The van der Waals surface area contributed by atoms with Crippen LogP contribution in [-0.4, -0.2) is 35.8 Å². The van der Waals surface area contributed by atoms with Crippen molar-refractivity contribution in [1.82, 2.24) is 5.01 Å². The number of carbonyl (C=O) groups is 2. The fourth-order valence-electron chi connectivity index (χ4n) is 3.24. The van der Waals surface area contributed by atoms with E-state index in [2.05, 4.69) is 5.10 Å². The molecule has 0 aliphatic carbocycles. The van der Waals surface area contributed by atoms with Crippen molar-refractivity contribution in [2.45, 2.75) is 38.3 Å². The first-order valence-electron chi connectivity index (χ1n) is 9.70. The Hall–Kier alpha value is -3.66. The van der Waals surface area contributed by atoms with Gasteiger partial charge in [0.15, 0.2) is 6.10 Å². The second-order valence-electron chi connectivity index (χ2n) is 6.91. The number of methoxy groups -OCH3 is 1. The van der Waals surface area contributed by atoms with Crippen molar-refractivity contribution in [3.63, 3.8) is 0 Å². The van der Waals surface area contributed by atoms with Crippen LogP contribution in [0.5, 0.6) is 5.75 Å². The molecule has 1 aliphatic heterocycles. The molecule has 2 aromatic rings. The van der Waals surface area contributed by atoms with Crippen molar-refractivity contribution in [2.75, 3.05) is 7.11 Å². The van der Waals surface area contributed by atoms with Crippen molar-refractivity contribution in [3.8, 4) is 11.8 Å². The second kappa shape index (κ2) is 9.70. The fraction of sp³-hybridized carbons (Fsp3) is 0.304. The van der Waals surface area contributed by atoms with Crippen molar-refractivity contribution < 1.29 is 19.1 Å². The van der Waals surface area contributed by atoms with E-state index in [0.717, 1.165) is 22.6 Å². The number of carbonyl (C=O) groups excluding carboxylic acids is 2. The molecule has 0 saturated heterocycles. The highest BCUT2D eigenvalue weighted by Crippen LogP contribution is 2.34. The Morgan fingerprint density at radius 3 is 2.50 bits per heavy atom. The molecule has 2 atom stereocenters. The number of benzene rings is 2. The molecule has 30 heavy (non-hydrogen) atoms. The number of nitriles is 1. The van der Waals surface area contributed by atoms with Crippen LogP contribution < -0.4 is 4.74 Å². The van der Waals surface area contributed by atoms with Crippen LogP contribution in [0.15, 0.2) is 59.7 Å². The summed E-state index contributed by atoms with van der Waals surface area (Å²) in [5.41, 5.74) is 2.69. The van der Waals surface area contributed by atoms with Crippen LogP contribution in [0.3, 0.4) is 0 Å². The summed E-state index contributed by atoms with van der Waals surface area (Å²) in [5.74, 6) is -0.124. The summed E-state index contributed by atoms with van der Waals surface area (Å²) in [6, 6.07) is 18.8. The van der Waals surface area contributed by atoms with E-state index in [4.69, 9.17) is 14.7 Å². The van der Waals surface area contributed by atoms with Gasteiger partial charge in [0.05, 0.1) is 25.3 Å². The Balaban J connectivity index is 1.78. The molecule has 0 unspecified atom stereocenters. The highest BCUT2D eigenvalue weighted by molar-refractivity contribution is 6.03. The van der Waals surface area contributed by atoms with Gasteiger partial charge in [0, 0.05) is 12.8 Å². The topological polar surface area (TPSA) is 92.0 Å². The van der Waals surface area contributed by atoms with E-state index in [0.29, 0.717) is 6.42 Å². The molecule has 0 bridgehead atoms. The van der Waals surface area contributed by atoms with Gasteiger partial charge in [-0.1, -0.05) is 42.5 Å². The molecule has 7 heteroatoms. The summed E-state index contributed by atoms with van der Waals surface area (Å²) in [7, 11) is 1.60. The Bertz CT molecular complexity index is 964. The third kappa shape index (κ3) is 5.03. The van der Waals surface area contributed by atoms with Crippen LogP contribution in [0, 0.1) is 11.3 Å². The standard InChI is InChI=1S/C23H23N3O4/c1-16(15-24)30-23(28)13-12-22(27)26-21(18-8-10-19(29-2)11-9-18)14-20(25-26)17-6-4-3-5-7-17/h3-11,16,21H,12-14H2,1-2H3/t16-,21+/m1/s1. The van der Waals surface area contributed by atoms with Crippen LogP contribution in [0.25, 0.3) is 0 Å². The molecule has 0 saturated carbocycles. The zero-order valence-corrected chi connectivity index (χ0v) is 16.9. The molecule has 1 aliphatic rings. The van der Waals surface area contributed by atoms with Crippen LogP contribution in [0.2, 0.25) is 0 Å². The second-order valence-corrected chi connectivity index (χ2v) is 6.91. The average Bonchev–Trinajstić information content (AvgIpc) is 3.23. The predicted molar refractivity (Wildman–Crippen MR) is 111 cm³/mol. The van der Waals surface area contributed by atoms with Crippen LogP contribution in [0.4, 0.5) is 0 Å². The van der Waals surface area contributed by atoms with E-state index < -0.39 is 12.1 Å². The van der Waals surface area contributed by atoms with Crippen LogP contribution in [0.1, 0.15) is 43.4 Å². The molecule has 0 aromatic heterocycles. The Morgan fingerprint density at radius 1 is 1.17 bits per heavy atom. The summed E-state index contributed by atoms with van der Waals surface area (Å²) >= 11 is 0. The lowest BCUT2D eigenvalue weighted by atomic mass is 9.98. The maximum atomic E-state index is 12.9. The van der Waals surface area contributed by atoms with Crippen LogP contribution in [-0.2, 0) is 14.3 Å². The van der Waals surface area contributed by atoms with E-state index in [-0.39, 0.29) is 24.8 Å². The fourth-order valence-corrected chi connectivity index (χ4v) is 3.24. The zero-order chi connectivity index (χ0) is 21.5. The summed E-state index contributed by atoms with van der Waals surface area (Å²) in [5, 5.41) is 14.8. The number of hydrogen-bond acceptors (Lipinski definition) is 6. The summed E-state index contributed by atoms with van der Waals surface area (Å²) in [6.45, 7) is 1.48. The van der Waals surface area contributed by atoms with Crippen molar-refractivity contribution in [2.24, 2.45) is 5.10 Å². The molecule has 0 radical (unpaired) electrons. The smallest absolute Gasteiger partial charge is 0.307 e. The van der Waals surface area contributed by atoms with Gasteiger partial charge in [0.1, 0.15) is 11.8 Å². The Kier molecular flexibility index (Phi) is 6.81. The third-order valence-electron chi connectivity index (χ3n) is 4.81. The SMILES string of the molecule is COc1ccc([C@@H]2CC(c3ccccc3)=NN2C(=O)CCC(=O)O[C@H](C)C#N)cc1. The number of rotatable bonds is 7. The van der Waals surface area contributed by atoms with Crippen molar-refractivity contribution in [1.29, 1.82) is 5.26 Å². The van der Waals surface area contributed by atoms with E-state index in [9.17, 15) is 9.59 Å². The molecule has 1 amide bonds. The monoisotopic (exact) mass is 405 g/mol. The lowest BCUT2D eigenvalue weighted by Gasteiger charge is -2.22. The van der Waals surface area contributed by atoms with Crippen molar-refractivity contribution >= 4 is 17.6 Å². The minimum absolute atomic E-state index is 0.0464. The number of hydrazone groups is 1. The van der Waals surface area contributed by atoms with E-state index in [1.54, 1.807) is 7.11 Å². The lowest BCUT2D eigenvalue weighted by molar-refractivity contribution is -0.148. The minimum atomic E-state index is -0.839. The van der Waals surface area contributed by atoms with E-state index in [1.165, 1.54) is 11.9 Å². The number of ether oxygens (including phenoxy) is 2. The van der Waals surface area contributed by atoms with E-state index >= 15 is 0 Å². The molecule has 2 aromatic carbocycles. The van der Waals surface area contributed by atoms with Crippen molar-refractivity contribution in [3.05, 3.63) is 65.7 Å². The van der Waals surface area contributed by atoms with Gasteiger partial charge in [-0.2, -0.15) is 10.4 Å². The molecule has 3 rings (SSSR count). The average molecular weight is 405 g/mol. The number of nitrogens with zero attached hydrogens (tertiary/aromatic N) is 3. The molecular formula is C23H23N3O4. The molecule has 0 fully saturated rings. The molecule has 0 N–H and O–H groups in total. The van der Waals surface area contributed by atoms with Gasteiger partial charge in [-0.05, 0) is 30.2 Å². The summed E-state index contributed by atoms with van der Waals surface area (Å²) in [4.78, 5) is 24.8. The van der Waals surface area contributed by atoms with Crippen LogP contribution >= 0.6 is 0 Å². The molecular weight excluding hydrogens is 382 g/mol. The Morgan fingerprint density at radius 2 is 1.87 bits per heavy atom. The maximum Gasteiger partial charge on any atom is 0.307 e. The Labute approximate surface area is 175 Å². The quantitative estimate of drug-likeness (QED) is 0.656. The first kappa shape index (κ1) is 21.1. The number of amides is 1. The lowest BCUT2D eigenvalue weighted by Crippen LogP contribution is -2.27.